The van der Waals surface area contributed by atoms with Gasteiger partial charge in [0.2, 0.25) is 0 Å². The number of rotatable bonds is 13. The molecule has 258 valence electrons. The van der Waals surface area contributed by atoms with Crippen LogP contribution in [0, 0.1) is 11.8 Å². The van der Waals surface area contributed by atoms with Crippen molar-refractivity contribution < 1.29 is 0 Å². The van der Waals surface area contributed by atoms with Gasteiger partial charge in [0.1, 0.15) is 0 Å². The highest BCUT2D eigenvalue weighted by Gasteiger charge is 2.09. The van der Waals surface area contributed by atoms with E-state index in [1.54, 1.807) is 0 Å². The molecule has 1 aliphatic carbocycles. The molecule has 0 atom stereocenters. The normalized spacial score (nSPS) is 12.8. The maximum absolute atomic E-state index is 3.91. The zero-order chi connectivity index (χ0) is 35.3. The average Bonchev–Trinajstić information content (AvgIpc) is 3.02. The smallest absolute Gasteiger partial charge is 0.0394 e. The molecule has 0 heterocycles. The largest absolute Gasteiger partial charge is 0.384 e. The monoisotopic (exact) mass is 612 g/mol. The minimum atomic E-state index is 0.578. The van der Waals surface area contributed by atoms with Gasteiger partial charge in [-0.15, -0.1) is 0 Å². The van der Waals surface area contributed by atoms with Crippen LogP contribution < -0.4 is 5.32 Å². The summed E-state index contributed by atoms with van der Waals surface area (Å²) in [4.78, 5) is 0. The standard InChI is InChI=1S/C18H27N.C10H16.C8H18.C3H8.2C2H6/c1-6-8-16(11-14(3)4)13-19-18-10-9-15(5)12-17(18)7-2;1-5-9(3)7-8-10(4)6-2;1-4-6-8(3)7-5-2;1-3-2;2*1-2/h6-8,11-12,14,19H,2,9-10,13H2,1,3-5H3;6-8H,3,5H2,1-2,4H3;8H,4-7H2,1-3H3;3H2,1-2H3;2*1-2H3/b8-6-,16-11+;8-7-,10-6-;;;;. The molecule has 0 spiro atoms. The highest BCUT2D eigenvalue weighted by atomic mass is 14.9. The van der Waals surface area contributed by atoms with Crippen LogP contribution in [0.25, 0.3) is 0 Å². The highest BCUT2D eigenvalue weighted by Crippen LogP contribution is 2.22. The Morgan fingerprint density at radius 3 is 1.80 bits per heavy atom. The predicted molar refractivity (Wildman–Crippen MR) is 212 cm³/mol. The summed E-state index contributed by atoms with van der Waals surface area (Å²) in [5.74, 6) is 1.54. The van der Waals surface area contributed by atoms with Crippen molar-refractivity contribution in [3.63, 3.8) is 0 Å². The Hall–Kier alpha value is -2.28. The van der Waals surface area contributed by atoms with E-state index in [9.17, 15) is 0 Å². The van der Waals surface area contributed by atoms with Gasteiger partial charge in [0.15, 0.2) is 0 Å². The van der Waals surface area contributed by atoms with E-state index >= 15 is 0 Å². The first kappa shape index (κ1) is 51.3. The molecule has 0 amide bonds. The van der Waals surface area contributed by atoms with E-state index in [1.807, 2.05) is 40.7 Å². The molecule has 0 aromatic heterocycles. The van der Waals surface area contributed by atoms with Gasteiger partial charge in [0.25, 0.3) is 0 Å². The first-order valence-electron chi connectivity index (χ1n) is 18.1. The third kappa shape index (κ3) is 37.7. The van der Waals surface area contributed by atoms with Crippen LogP contribution in [-0.4, -0.2) is 6.54 Å². The zero-order valence-corrected chi connectivity index (χ0v) is 33.1. The molecule has 0 bridgehead atoms. The molecule has 1 nitrogen and oxygen atoms in total. The SMILES string of the molecule is C=C(/C=C\C(C)=C/C)CC.C=CC1=C(NCC(/C=C\C)=C/C(C)C)CCC(C)=C1.CC.CC.CCC.CCCC(C)CCC. The molecule has 44 heavy (non-hydrogen) atoms. The van der Waals surface area contributed by atoms with Crippen LogP contribution in [0.1, 0.15) is 162 Å². The number of nitrogens with one attached hydrogen (secondary N) is 1. The molecular formula is C43H81N. The Labute approximate surface area is 280 Å². The van der Waals surface area contributed by atoms with Crippen LogP contribution in [0.15, 0.2) is 95.3 Å². The van der Waals surface area contributed by atoms with Crippen LogP contribution in [-0.2, 0) is 0 Å². The van der Waals surface area contributed by atoms with E-state index < -0.39 is 0 Å². The van der Waals surface area contributed by atoms with Crippen LogP contribution in [0.2, 0.25) is 0 Å². The zero-order valence-electron chi connectivity index (χ0n) is 33.1. The van der Waals surface area contributed by atoms with E-state index in [2.05, 4.69) is 137 Å². The highest BCUT2D eigenvalue weighted by molar-refractivity contribution is 5.39. The van der Waals surface area contributed by atoms with Crippen LogP contribution in [0.3, 0.4) is 0 Å². The van der Waals surface area contributed by atoms with Gasteiger partial charge in [0.05, 0.1) is 0 Å². The molecule has 1 aliphatic rings. The second-order valence-corrected chi connectivity index (χ2v) is 11.2. The van der Waals surface area contributed by atoms with Crippen molar-refractivity contribution in [2.24, 2.45) is 11.8 Å². The fourth-order valence-corrected chi connectivity index (χ4v) is 3.88. The summed E-state index contributed by atoms with van der Waals surface area (Å²) >= 11 is 0. The molecule has 0 aromatic rings. The van der Waals surface area contributed by atoms with Gasteiger partial charge in [-0.3, -0.25) is 0 Å². The minimum absolute atomic E-state index is 0.578. The second-order valence-electron chi connectivity index (χ2n) is 11.2. The minimum Gasteiger partial charge on any atom is -0.384 e. The second kappa shape index (κ2) is 40.7. The van der Waals surface area contributed by atoms with Gasteiger partial charge in [-0.2, -0.15) is 0 Å². The van der Waals surface area contributed by atoms with E-state index in [-0.39, 0.29) is 0 Å². The van der Waals surface area contributed by atoms with Gasteiger partial charge in [-0.25, -0.2) is 0 Å². The molecule has 0 aliphatic heterocycles. The lowest BCUT2D eigenvalue weighted by Gasteiger charge is -2.19. The van der Waals surface area contributed by atoms with Crippen molar-refractivity contribution in [2.45, 2.75) is 162 Å². The Morgan fingerprint density at radius 2 is 1.41 bits per heavy atom. The maximum atomic E-state index is 3.91. The van der Waals surface area contributed by atoms with Gasteiger partial charge >= 0.3 is 0 Å². The van der Waals surface area contributed by atoms with Crippen molar-refractivity contribution in [1.82, 2.24) is 5.32 Å². The quantitative estimate of drug-likeness (QED) is 0.204. The molecule has 0 saturated carbocycles. The van der Waals surface area contributed by atoms with Crippen molar-refractivity contribution in [3.8, 4) is 0 Å². The van der Waals surface area contributed by atoms with Gasteiger partial charge in [-0.05, 0) is 69.9 Å². The summed E-state index contributed by atoms with van der Waals surface area (Å²) in [5, 5.41) is 3.58. The summed E-state index contributed by atoms with van der Waals surface area (Å²) in [7, 11) is 0. The fourth-order valence-electron chi connectivity index (χ4n) is 3.88. The van der Waals surface area contributed by atoms with Gasteiger partial charge in [-0.1, -0.05) is 194 Å². The third-order valence-electron chi connectivity index (χ3n) is 6.23. The third-order valence-corrected chi connectivity index (χ3v) is 6.23. The van der Waals surface area contributed by atoms with E-state index in [4.69, 9.17) is 0 Å². The lowest BCUT2D eigenvalue weighted by Crippen LogP contribution is -2.19. The number of hydrogen-bond donors (Lipinski definition) is 1. The van der Waals surface area contributed by atoms with E-state index in [0.29, 0.717) is 5.92 Å². The van der Waals surface area contributed by atoms with Crippen molar-refractivity contribution in [3.05, 3.63) is 95.3 Å². The van der Waals surface area contributed by atoms with Gasteiger partial charge in [0, 0.05) is 12.2 Å². The Morgan fingerprint density at radius 1 is 0.886 bits per heavy atom. The molecule has 1 N–H and O–H groups in total. The number of allylic oxidation sites excluding steroid dienone is 12. The average molecular weight is 612 g/mol. The predicted octanol–water partition coefficient (Wildman–Crippen LogP) is 15.1. The lowest BCUT2D eigenvalue weighted by molar-refractivity contribution is 0.480. The molecule has 1 heteroatoms. The molecule has 0 unspecified atom stereocenters. The van der Waals surface area contributed by atoms with Crippen LogP contribution >= 0.6 is 0 Å². The molecule has 0 aromatic carbocycles. The summed E-state index contributed by atoms with van der Waals surface area (Å²) < 4.78 is 0. The molecular weight excluding hydrogens is 530 g/mol. The topological polar surface area (TPSA) is 12.0 Å². The molecule has 0 radical (unpaired) electrons. The molecule has 0 saturated heterocycles. The summed E-state index contributed by atoms with van der Waals surface area (Å²) in [5.41, 5.74) is 7.82. The summed E-state index contributed by atoms with van der Waals surface area (Å²) in [6.45, 7) is 42.7. The Kier molecular flexibility index (Phi) is 47.5. The van der Waals surface area contributed by atoms with Crippen molar-refractivity contribution in [1.29, 1.82) is 0 Å². The lowest BCUT2D eigenvalue weighted by atomic mass is 9.97. The fraction of sp³-hybridized carbons (Fsp3) is 0.628. The van der Waals surface area contributed by atoms with Crippen molar-refractivity contribution >= 4 is 0 Å². The van der Waals surface area contributed by atoms with Gasteiger partial charge < -0.3 is 5.32 Å². The molecule has 0 fully saturated rings. The van der Waals surface area contributed by atoms with Crippen LogP contribution in [0.5, 0.6) is 0 Å². The van der Waals surface area contributed by atoms with E-state index in [1.165, 1.54) is 65.7 Å². The Bertz CT molecular complexity index is 817. The first-order valence-corrected chi connectivity index (χ1v) is 18.1. The van der Waals surface area contributed by atoms with E-state index in [0.717, 1.165) is 31.7 Å². The maximum Gasteiger partial charge on any atom is 0.0394 e. The summed E-state index contributed by atoms with van der Waals surface area (Å²) in [6, 6.07) is 0. The number of hydrogen-bond acceptors (Lipinski definition) is 1. The summed E-state index contributed by atoms with van der Waals surface area (Å²) in [6.07, 6.45) is 27.1. The van der Waals surface area contributed by atoms with Crippen molar-refractivity contribution in [2.75, 3.05) is 6.54 Å². The molecule has 1 rings (SSSR count). The van der Waals surface area contributed by atoms with Crippen LogP contribution in [0.4, 0.5) is 0 Å². The Balaban J connectivity index is -0.000000171. The first-order chi connectivity index (χ1) is 21.0.